The molecule has 2 aromatic heterocycles. The molecular weight excluding hydrogens is 358 g/mol. The van der Waals surface area contributed by atoms with Crippen LogP contribution in [0.2, 0.25) is 0 Å². The van der Waals surface area contributed by atoms with Gasteiger partial charge in [-0.15, -0.1) is 0 Å². The van der Waals surface area contributed by atoms with Gasteiger partial charge in [-0.25, -0.2) is 0 Å². The van der Waals surface area contributed by atoms with Crippen LogP contribution >= 0.6 is 0 Å². The van der Waals surface area contributed by atoms with Crippen molar-refractivity contribution in [3.8, 4) is 11.5 Å². The second kappa shape index (κ2) is 8.61. The predicted molar refractivity (Wildman–Crippen MR) is 92.1 cm³/mol. The van der Waals surface area contributed by atoms with Gasteiger partial charge in [0, 0.05) is 19.2 Å². The molecule has 0 fully saturated rings. The molecule has 9 heteroatoms. The standard InChI is InChI=1S/C18H20F2N4O3/c1-3-24-11-13(10-21-24)9-17-22-16(23-27-17)8-12-5-6-14(26-18(19)20)15(7-12)25-4-2/h5-7,10-11,18H,3-4,8-9H2,1-2H3. The van der Waals surface area contributed by atoms with Crippen LogP contribution < -0.4 is 9.47 Å². The van der Waals surface area contributed by atoms with Gasteiger partial charge in [-0.1, -0.05) is 11.2 Å². The van der Waals surface area contributed by atoms with Gasteiger partial charge >= 0.3 is 6.61 Å². The normalized spacial score (nSPS) is 11.1. The number of hydrogen-bond acceptors (Lipinski definition) is 6. The van der Waals surface area contributed by atoms with Gasteiger partial charge in [0.25, 0.3) is 0 Å². The second-order valence-electron chi connectivity index (χ2n) is 5.75. The Morgan fingerprint density at radius 1 is 1.15 bits per heavy atom. The highest BCUT2D eigenvalue weighted by Gasteiger charge is 2.14. The van der Waals surface area contributed by atoms with Crippen molar-refractivity contribution < 1.29 is 22.8 Å². The summed E-state index contributed by atoms with van der Waals surface area (Å²) in [4.78, 5) is 4.38. The number of rotatable bonds is 9. The van der Waals surface area contributed by atoms with Gasteiger partial charge < -0.3 is 14.0 Å². The fraction of sp³-hybridized carbons (Fsp3) is 0.389. The van der Waals surface area contributed by atoms with Gasteiger partial charge in [0.2, 0.25) is 5.89 Å². The maximum atomic E-state index is 12.5. The topological polar surface area (TPSA) is 75.2 Å². The van der Waals surface area contributed by atoms with Crippen molar-refractivity contribution in [3.05, 3.63) is 53.4 Å². The lowest BCUT2D eigenvalue weighted by atomic mass is 10.1. The summed E-state index contributed by atoms with van der Waals surface area (Å²) >= 11 is 0. The number of alkyl halides is 2. The van der Waals surface area contributed by atoms with Crippen LogP contribution in [0.25, 0.3) is 0 Å². The van der Waals surface area contributed by atoms with Gasteiger partial charge in [-0.2, -0.15) is 18.9 Å². The molecule has 0 aliphatic heterocycles. The molecule has 1 aromatic carbocycles. The average molecular weight is 378 g/mol. The molecule has 0 saturated heterocycles. The van der Waals surface area contributed by atoms with Crippen molar-refractivity contribution >= 4 is 0 Å². The minimum atomic E-state index is -2.91. The highest BCUT2D eigenvalue weighted by atomic mass is 19.3. The maximum Gasteiger partial charge on any atom is 0.387 e. The van der Waals surface area contributed by atoms with E-state index in [-0.39, 0.29) is 11.5 Å². The Balaban J connectivity index is 1.69. The van der Waals surface area contributed by atoms with Crippen LogP contribution in [0.3, 0.4) is 0 Å². The van der Waals surface area contributed by atoms with E-state index in [9.17, 15) is 8.78 Å². The zero-order valence-electron chi connectivity index (χ0n) is 15.1. The molecule has 0 aliphatic carbocycles. The number of benzene rings is 1. The van der Waals surface area contributed by atoms with Crippen LogP contribution in [0.1, 0.15) is 36.7 Å². The molecule has 0 amide bonds. The van der Waals surface area contributed by atoms with E-state index in [2.05, 4.69) is 20.0 Å². The molecule has 144 valence electrons. The van der Waals surface area contributed by atoms with Crippen LogP contribution in [0, 0.1) is 0 Å². The first-order valence-electron chi connectivity index (χ1n) is 8.60. The number of hydrogen-bond donors (Lipinski definition) is 0. The summed E-state index contributed by atoms with van der Waals surface area (Å²) in [5.74, 6) is 1.24. The smallest absolute Gasteiger partial charge is 0.387 e. The van der Waals surface area contributed by atoms with E-state index in [1.54, 1.807) is 25.3 Å². The molecule has 27 heavy (non-hydrogen) atoms. The molecule has 0 N–H and O–H groups in total. The van der Waals surface area contributed by atoms with Crippen LogP contribution in [-0.2, 0) is 19.4 Å². The third-order valence-corrected chi connectivity index (χ3v) is 3.76. The zero-order chi connectivity index (χ0) is 19.2. The van der Waals surface area contributed by atoms with Gasteiger partial charge in [0.1, 0.15) is 0 Å². The molecular formula is C18H20F2N4O3. The SMILES string of the molecule is CCOc1cc(Cc2noc(Cc3cnn(CC)c3)n2)ccc1OC(F)F. The molecule has 3 rings (SSSR count). The van der Waals surface area contributed by atoms with Gasteiger partial charge in [0.15, 0.2) is 17.3 Å². The molecule has 2 heterocycles. The summed E-state index contributed by atoms with van der Waals surface area (Å²) in [6, 6.07) is 4.76. The van der Waals surface area contributed by atoms with Crippen molar-refractivity contribution in [2.24, 2.45) is 0 Å². The van der Waals surface area contributed by atoms with Crippen LogP contribution in [-0.4, -0.2) is 33.1 Å². The lowest BCUT2D eigenvalue weighted by Crippen LogP contribution is -2.05. The lowest BCUT2D eigenvalue weighted by molar-refractivity contribution is -0.0514. The van der Waals surface area contributed by atoms with Crippen LogP contribution in [0.15, 0.2) is 35.1 Å². The number of aryl methyl sites for hydroxylation is 1. The third kappa shape index (κ3) is 5.02. The molecule has 0 bridgehead atoms. The van der Waals surface area contributed by atoms with E-state index >= 15 is 0 Å². The van der Waals surface area contributed by atoms with E-state index in [1.165, 1.54) is 6.07 Å². The van der Waals surface area contributed by atoms with Crippen molar-refractivity contribution in [1.82, 2.24) is 19.9 Å². The first-order chi connectivity index (χ1) is 13.1. The molecule has 0 spiro atoms. The van der Waals surface area contributed by atoms with Crippen molar-refractivity contribution in [3.63, 3.8) is 0 Å². The minimum absolute atomic E-state index is 0.00247. The lowest BCUT2D eigenvalue weighted by Gasteiger charge is -2.12. The molecule has 0 aliphatic rings. The van der Waals surface area contributed by atoms with E-state index in [0.29, 0.717) is 31.2 Å². The summed E-state index contributed by atoms with van der Waals surface area (Å²) < 4.78 is 41.9. The summed E-state index contributed by atoms with van der Waals surface area (Å²) in [6.45, 7) is 2.00. The highest BCUT2D eigenvalue weighted by molar-refractivity contribution is 5.43. The highest BCUT2D eigenvalue weighted by Crippen LogP contribution is 2.30. The average Bonchev–Trinajstić information content (AvgIpc) is 3.27. The van der Waals surface area contributed by atoms with E-state index in [1.807, 2.05) is 17.8 Å². The third-order valence-electron chi connectivity index (χ3n) is 3.76. The van der Waals surface area contributed by atoms with Gasteiger partial charge in [-0.05, 0) is 37.1 Å². The first-order valence-corrected chi connectivity index (χ1v) is 8.60. The largest absolute Gasteiger partial charge is 0.490 e. The van der Waals surface area contributed by atoms with Crippen molar-refractivity contribution in [1.29, 1.82) is 0 Å². The fourth-order valence-electron chi connectivity index (χ4n) is 2.59. The van der Waals surface area contributed by atoms with Crippen molar-refractivity contribution in [2.45, 2.75) is 39.8 Å². The molecule has 3 aromatic rings. The van der Waals surface area contributed by atoms with Crippen LogP contribution in [0.4, 0.5) is 8.78 Å². The Morgan fingerprint density at radius 2 is 2.00 bits per heavy atom. The van der Waals surface area contributed by atoms with Crippen molar-refractivity contribution in [2.75, 3.05) is 6.61 Å². The maximum absolute atomic E-state index is 12.5. The molecule has 0 radical (unpaired) electrons. The summed E-state index contributed by atoms with van der Waals surface area (Å²) in [6.07, 6.45) is 4.58. The number of nitrogens with zero attached hydrogens (tertiary/aromatic N) is 4. The van der Waals surface area contributed by atoms with E-state index in [0.717, 1.165) is 17.7 Å². The number of aromatic nitrogens is 4. The number of halogens is 2. The van der Waals surface area contributed by atoms with E-state index in [4.69, 9.17) is 9.26 Å². The first kappa shape index (κ1) is 18.8. The summed E-state index contributed by atoms with van der Waals surface area (Å²) in [5, 5.41) is 8.18. The minimum Gasteiger partial charge on any atom is -0.490 e. The Bertz CT molecular complexity index is 879. The second-order valence-corrected chi connectivity index (χ2v) is 5.75. The Hall–Kier alpha value is -2.97. The van der Waals surface area contributed by atoms with Gasteiger partial charge in [0.05, 0.1) is 19.2 Å². The molecule has 0 unspecified atom stereocenters. The summed E-state index contributed by atoms with van der Waals surface area (Å²) in [5.41, 5.74) is 1.78. The van der Waals surface area contributed by atoms with E-state index < -0.39 is 6.61 Å². The molecule has 0 saturated carbocycles. The quantitative estimate of drug-likeness (QED) is 0.568. The monoisotopic (exact) mass is 378 g/mol. The number of ether oxygens (including phenoxy) is 2. The summed E-state index contributed by atoms with van der Waals surface area (Å²) in [7, 11) is 0. The Kier molecular flexibility index (Phi) is 6.00. The Morgan fingerprint density at radius 3 is 2.70 bits per heavy atom. The predicted octanol–water partition coefficient (Wildman–Crippen LogP) is 3.47. The zero-order valence-corrected chi connectivity index (χ0v) is 15.1. The Labute approximate surface area is 154 Å². The molecule has 7 nitrogen and oxygen atoms in total. The molecule has 0 atom stereocenters. The van der Waals surface area contributed by atoms with Crippen LogP contribution in [0.5, 0.6) is 11.5 Å². The van der Waals surface area contributed by atoms with Gasteiger partial charge in [-0.3, -0.25) is 4.68 Å². The fourth-order valence-corrected chi connectivity index (χ4v) is 2.59.